The van der Waals surface area contributed by atoms with E-state index in [1.807, 2.05) is 0 Å². The Morgan fingerprint density at radius 1 is 1.52 bits per heavy atom. The molecule has 2 atom stereocenters. The molecule has 0 spiro atoms. The number of aliphatic hydroxyl groups excluding tert-OH is 1. The summed E-state index contributed by atoms with van der Waals surface area (Å²) in [7, 11) is -3.58. The van der Waals surface area contributed by atoms with Crippen LogP contribution in [-0.4, -0.2) is 42.0 Å². The number of sulfonamides is 1. The third kappa shape index (κ3) is 3.26. The molecule has 21 heavy (non-hydrogen) atoms. The molecule has 2 unspecified atom stereocenters. The van der Waals surface area contributed by atoms with Gasteiger partial charge in [0.15, 0.2) is 0 Å². The molecule has 1 aromatic carbocycles. The van der Waals surface area contributed by atoms with E-state index in [9.17, 15) is 13.5 Å². The summed E-state index contributed by atoms with van der Waals surface area (Å²) in [6.45, 7) is 4.21. The highest BCUT2D eigenvalue weighted by molar-refractivity contribution is 7.89. The number of nitrogens with two attached hydrogens (primary N) is 1. The summed E-state index contributed by atoms with van der Waals surface area (Å²) in [4.78, 5) is 0.411. The van der Waals surface area contributed by atoms with Gasteiger partial charge in [-0.15, -0.1) is 0 Å². The predicted molar refractivity (Wildman–Crippen MR) is 85.6 cm³/mol. The van der Waals surface area contributed by atoms with Gasteiger partial charge >= 0.3 is 0 Å². The van der Waals surface area contributed by atoms with Crippen LogP contribution in [0.25, 0.3) is 0 Å². The van der Waals surface area contributed by atoms with Crippen LogP contribution in [0.3, 0.4) is 0 Å². The van der Waals surface area contributed by atoms with E-state index in [-0.39, 0.29) is 15.8 Å². The fourth-order valence-electron chi connectivity index (χ4n) is 2.54. The van der Waals surface area contributed by atoms with Gasteiger partial charge in [-0.25, -0.2) is 8.42 Å². The van der Waals surface area contributed by atoms with E-state index < -0.39 is 16.1 Å². The van der Waals surface area contributed by atoms with E-state index >= 15 is 0 Å². The van der Waals surface area contributed by atoms with E-state index in [0.717, 1.165) is 0 Å². The monoisotopic (exact) mass is 328 g/mol. The second-order valence-corrected chi connectivity index (χ2v) is 7.84. The largest absolute Gasteiger partial charge is 0.393 e. The Balaban J connectivity index is 2.36. The molecule has 3 N–H and O–H groups in total. The minimum Gasteiger partial charge on any atom is -0.393 e. The molecule has 0 radical (unpaired) electrons. The molecule has 0 saturated carbocycles. The highest BCUT2D eigenvalue weighted by Crippen LogP contribution is 2.28. The first-order valence-electron chi connectivity index (χ1n) is 6.82. The number of aliphatic hydroxyl groups is 1. The molecular weight excluding hydrogens is 308 g/mol. The van der Waals surface area contributed by atoms with Crippen molar-refractivity contribution in [3.63, 3.8) is 0 Å². The van der Waals surface area contributed by atoms with Crippen LogP contribution in [0, 0.1) is 12.8 Å². The number of hydrogen-bond donors (Lipinski definition) is 2. The van der Waals surface area contributed by atoms with Gasteiger partial charge in [-0.05, 0) is 37.8 Å². The van der Waals surface area contributed by atoms with Crippen LogP contribution in [0.15, 0.2) is 23.1 Å². The Morgan fingerprint density at radius 2 is 2.19 bits per heavy atom. The van der Waals surface area contributed by atoms with Crippen molar-refractivity contribution in [3.8, 4) is 0 Å². The molecular formula is C14H20N2O3S2. The van der Waals surface area contributed by atoms with Gasteiger partial charge in [-0.2, -0.15) is 4.31 Å². The maximum Gasteiger partial charge on any atom is 0.243 e. The van der Waals surface area contributed by atoms with Gasteiger partial charge < -0.3 is 10.8 Å². The van der Waals surface area contributed by atoms with Crippen molar-refractivity contribution in [2.24, 2.45) is 11.7 Å². The zero-order valence-corrected chi connectivity index (χ0v) is 13.7. The first-order valence-corrected chi connectivity index (χ1v) is 8.67. The van der Waals surface area contributed by atoms with Crippen LogP contribution in [0.4, 0.5) is 0 Å². The lowest BCUT2D eigenvalue weighted by Gasteiger charge is -2.19. The second-order valence-electron chi connectivity index (χ2n) is 5.50. The minimum absolute atomic E-state index is 0.0150. The Kier molecular flexibility index (Phi) is 4.67. The highest BCUT2D eigenvalue weighted by Gasteiger charge is 2.35. The van der Waals surface area contributed by atoms with Crippen molar-refractivity contribution < 1.29 is 13.5 Å². The maximum atomic E-state index is 12.8. The second kappa shape index (κ2) is 6.00. The van der Waals surface area contributed by atoms with E-state index in [1.165, 1.54) is 10.4 Å². The van der Waals surface area contributed by atoms with Crippen LogP contribution in [0.1, 0.15) is 24.5 Å². The molecule has 0 aliphatic carbocycles. The van der Waals surface area contributed by atoms with Crippen molar-refractivity contribution in [1.82, 2.24) is 4.31 Å². The van der Waals surface area contributed by atoms with Crippen LogP contribution >= 0.6 is 12.2 Å². The summed E-state index contributed by atoms with van der Waals surface area (Å²) in [6, 6.07) is 4.96. The van der Waals surface area contributed by atoms with Crippen LogP contribution in [-0.2, 0) is 10.0 Å². The van der Waals surface area contributed by atoms with Crippen molar-refractivity contribution >= 4 is 27.2 Å². The predicted octanol–water partition coefficient (Wildman–Crippen LogP) is 1.02. The summed E-state index contributed by atoms with van der Waals surface area (Å²) < 4.78 is 26.9. The number of benzene rings is 1. The summed E-state index contributed by atoms with van der Waals surface area (Å²) >= 11 is 4.91. The highest BCUT2D eigenvalue weighted by atomic mass is 32.2. The molecule has 1 aromatic rings. The van der Waals surface area contributed by atoms with Crippen molar-refractivity contribution in [2.75, 3.05) is 13.1 Å². The molecule has 1 heterocycles. The fourth-order valence-corrected chi connectivity index (χ4v) is 4.43. The lowest BCUT2D eigenvalue weighted by molar-refractivity contribution is 0.133. The van der Waals surface area contributed by atoms with Gasteiger partial charge in [0.2, 0.25) is 10.0 Å². The SMILES string of the molecule is Cc1ccc(C(N)=S)cc1S(=O)(=O)N1CCC(C(C)O)C1. The normalized spacial score (nSPS) is 21.4. The first-order chi connectivity index (χ1) is 9.73. The minimum atomic E-state index is -3.58. The average Bonchev–Trinajstić information content (AvgIpc) is 2.89. The molecule has 1 fully saturated rings. The number of thiocarbonyl (C=S) groups is 1. The zero-order chi connectivity index (χ0) is 15.8. The van der Waals surface area contributed by atoms with E-state index in [1.54, 1.807) is 26.0 Å². The third-order valence-corrected chi connectivity index (χ3v) is 6.20. The molecule has 0 amide bonds. The lowest BCUT2D eigenvalue weighted by atomic mass is 10.0. The maximum absolute atomic E-state index is 12.8. The lowest BCUT2D eigenvalue weighted by Crippen LogP contribution is -2.31. The van der Waals surface area contributed by atoms with Gasteiger partial charge in [-0.1, -0.05) is 24.4 Å². The van der Waals surface area contributed by atoms with Gasteiger partial charge in [-0.3, -0.25) is 0 Å². The summed E-state index contributed by atoms with van der Waals surface area (Å²) in [5.41, 5.74) is 6.79. The number of rotatable bonds is 4. The molecule has 5 nitrogen and oxygen atoms in total. The molecule has 116 valence electrons. The molecule has 0 bridgehead atoms. The van der Waals surface area contributed by atoms with Gasteiger partial charge in [0.1, 0.15) is 4.99 Å². The Bertz CT molecular complexity index is 656. The van der Waals surface area contributed by atoms with Gasteiger partial charge in [0.25, 0.3) is 0 Å². The quantitative estimate of drug-likeness (QED) is 0.806. The van der Waals surface area contributed by atoms with E-state index in [2.05, 4.69) is 0 Å². The van der Waals surface area contributed by atoms with Crippen LogP contribution in [0.5, 0.6) is 0 Å². The van der Waals surface area contributed by atoms with Crippen LogP contribution < -0.4 is 5.73 Å². The van der Waals surface area contributed by atoms with Gasteiger partial charge in [0.05, 0.1) is 11.0 Å². The smallest absolute Gasteiger partial charge is 0.243 e. The first kappa shape index (κ1) is 16.4. The fraction of sp³-hybridized carbons (Fsp3) is 0.500. The van der Waals surface area contributed by atoms with E-state index in [0.29, 0.717) is 30.6 Å². The molecule has 1 aliphatic heterocycles. The summed E-state index contributed by atoms with van der Waals surface area (Å²) in [5.74, 6) is -0.0150. The molecule has 7 heteroatoms. The standard InChI is InChI=1S/C14H20N2O3S2/c1-9-3-4-11(14(15)20)7-13(9)21(18,19)16-6-5-12(8-16)10(2)17/h3-4,7,10,12,17H,5-6,8H2,1-2H3,(H2,15,20). The summed E-state index contributed by atoms with van der Waals surface area (Å²) in [6.07, 6.45) is 0.166. The molecule has 1 saturated heterocycles. The number of aryl methyl sites for hydroxylation is 1. The summed E-state index contributed by atoms with van der Waals surface area (Å²) in [5, 5.41) is 9.62. The third-order valence-electron chi connectivity index (χ3n) is 3.96. The number of nitrogens with zero attached hydrogens (tertiary/aromatic N) is 1. The van der Waals surface area contributed by atoms with Crippen LogP contribution in [0.2, 0.25) is 0 Å². The van der Waals surface area contributed by atoms with Gasteiger partial charge in [0, 0.05) is 18.7 Å². The Morgan fingerprint density at radius 3 is 2.71 bits per heavy atom. The van der Waals surface area contributed by atoms with Crippen molar-refractivity contribution in [1.29, 1.82) is 0 Å². The Labute approximate surface area is 130 Å². The number of hydrogen-bond acceptors (Lipinski definition) is 4. The molecule has 1 aliphatic rings. The topological polar surface area (TPSA) is 83.6 Å². The van der Waals surface area contributed by atoms with Crippen molar-refractivity contribution in [3.05, 3.63) is 29.3 Å². The zero-order valence-electron chi connectivity index (χ0n) is 12.1. The van der Waals surface area contributed by atoms with E-state index in [4.69, 9.17) is 18.0 Å². The average molecular weight is 328 g/mol. The molecule has 2 rings (SSSR count). The van der Waals surface area contributed by atoms with Crippen molar-refractivity contribution in [2.45, 2.75) is 31.3 Å². The Hall–Kier alpha value is -1.02. The molecule has 0 aromatic heterocycles.